The summed E-state index contributed by atoms with van der Waals surface area (Å²) in [5.41, 5.74) is -1.09. The highest BCUT2D eigenvalue weighted by Crippen LogP contribution is 2.40. The molecule has 0 bridgehead atoms. The highest BCUT2D eigenvalue weighted by atomic mass is 28.4. The third-order valence-corrected chi connectivity index (χ3v) is 10.4. The molecule has 1 fully saturated rings. The average molecular weight is 385 g/mol. The smallest absolute Gasteiger partial charge is 0.306 e. The Morgan fingerprint density at radius 2 is 1.85 bits per heavy atom. The average Bonchev–Trinajstić information content (AvgIpc) is 2.39. The third-order valence-electron chi connectivity index (χ3n) is 5.98. The molecule has 0 aromatic rings. The number of carbonyl (C=O) groups is 1. The molecule has 3 atom stereocenters. The summed E-state index contributed by atoms with van der Waals surface area (Å²) < 4.78 is 6.67. The number of aliphatic carboxylic acids is 1. The first-order chi connectivity index (χ1) is 11.6. The minimum atomic E-state index is -1.89. The summed E-state index contributed by atoms with van der Waals surface area (Å²) in [6, 6.07) is 0. The van der Waals surface area contributed by atoms with Crippen LogP contribution in [0.3, 0.4) is 0 Å². The van der Waals surface area contributed by atoms with Gasteiger partial charge in [0.25, 0.3) is 0 Å². The zero-order valence-corrected chi connectivity index (χ0v) is 19.1. The molecular weight excluding hydrogens is 344 g/mol. The summed E-state index contributed by atoms with van der Waals surface area (Å²) >= 11 is 0. The van der Waals surface area contributed by atoms with E-state index < -0.39 is 19.9 Å². The molecule has 0 heterocycles. The van der Waals surface area contributed by atoms with Gasteiger partial charge in [-0.1, -0.05) is 53.7 Å². The molecule has 0 aromatic heterocycles. The summed E-state index contributed by atoms with van der Waals surface area (Å²) in [5.74, 6) is -0.716. The van der Waals surface area contributed by atoms with Gasteiger partial charge in [-0.25, -0.2) is 0 Å². The molecule has 152 valence electrons. The van der Waals surface area contributed by atoms with Gasteiger partial charge in [0.15, 0.2) is 8.32 Å². The van der Waals surface area contributed by atoms with Crippen molar-refractivity contribution in [1.82, 2.24) is 0 Å². The van der Waals surface area contributed by atoms with Crippen molar-refractivity contribution < 1.29 is 19.4 Å². The van der Waals surface area contributed by atoms with Crippen molar-refractivity contribution in [2.75, 3.05) is 0 Å². The molecule has 0 amide bonds. The summed E-state index contributed by atoms with van der Waals surface area (Å²) in [5, 5.41) is 19.8. The molecule has 0 spiro atoms. The van der Waals surface area contributed by atoms with E-state index in [-0.39, 0.29) is 28.9 Å². The zero-order valence-electron chi connectivity index (χ0n) is 18.1. The first-order valence-electron chi connectivity index (χ1n) is 9.86. The second kappa shape index (κ2) is 8.15. The highest BCUT2D eigenvalue weighted by Gasteiger charge is 2.41. The second-order valence-corrected chi connectivity index (χ2v) is 15.5. The minimum absolute atomic E-state index is 0.0119. The van der Waals surface area contributed by atoms with E-state index in [0.717, 1.165) is 12.8 Å². The molecule has 1 aliphatic rings. The van der Waals surface area contributed by atoms with E-state index in [0.29, 0.717) is 12.8 Å². The largest absolute Gasteiger partial charge is 0.481 e. The maximum Gasteiger partial charge on any atom is 0.306 e. The van der Waals surface area contributed by atoms with Crippen LogP contribution in [0.2, 0.25) is 18.1 Å². The Balaban J connectivity index is 2.90. The maximum atomic E-state index is 11.0. The standard InChI is InChI=1S/C21H40O4Si/c1-19(2,3)17(25-26(7,8)20(4,5)6)12-11-16-10-9-13-21(24,14-16)15-18(22)23/h11-12,16-17,24H,9-10,13-15H2,1-8H3,(H,22,23). The fraction of sp³-hybridized carbons (Fsp3) is 0.857. The van der Waals surface area contributed by atoms with Crippen LogP contribution in [-0.4, -0.2) is 36.2 Å². The lowest BCUT2D eigenvalue weighted by molar-refractivity contribution is -0.144. The SMILES string of the molecule is CC(C)(C)C(C=CC1CCCC(O)(CC(=O)O)C1)O[Si](C)(C)C(C)(C)C. The Hall–Kier alpha value is -0.653. The Bertz CT molecular complexity index is 513. The molecular formula is C21H40O4Si. The topological polar surface area (TPSA) is 66.8 Å². The van der Waals surface area contributed by atoms with Crippen LogP contribution in [0.15, 0.2) is 12.2 Å². The van der Waals surface area contributed by atoms with Gasteiger partial charge in [-0.15, -0.1) is 0 Å². The molecule has 0 saturated heterocycles. The van der Waals surface area contributed by atoms with E-state index in [1.54, 1.807) is 0 Å². The van der Waals surface area contributed by atoms with E-state index in [9.17, 15) is 9.90 Å². The molecule has 0 aromatic carbocycles. The minimum Gasteiger partial charge on any atom is -0.481 e. The maximum absolute atomic E-state index is 11.0. The van der Waals surface area contributed by atoms with Crippen molar-refractivity contribution in [2.45, 2.75) is 103 Å². The molecule has 5 heteroatoms. The lowest BCUT2D eigenvalue weighted by atomic mass is 9.76. The second-order valence-electron chi connectivity index (χ2n) is 10.7. The quantitative estimate of drug-likeness (QED) is 0.477. The number of rotatable bonds is 6. The fourth-order valence-electron chi connectivity index (χ4n) is 3.25. The van der Waals surface area contributed by atoms with Gasteiger partial charge < -0.3 is 14.6 Å². The first kappa shape index (κ1) is 23.4. The lowest BCUT2D eigenvalue weighted by Crippen LogP contribution is -2.46. The first-order valence-corrected chi connectivity index (χ1v) is 12.8. The number of carboxylic acid groups (broad SMARTS) is 1. The van der Waals surface area contributed by atoms with Crippen LogP contribution in [0.4, 0.5) is 0 Å². The van der Waals surface area contributed by atoms with E-state index >= 15 is 0 Å². The van der Waals surface area contributed by atoms with Gasteiger partial charge in [0.05, 0.1) is 18.1 Å². The van der Waals surface area contributed by atoms with Gasteiger partial charge in [0.2, 0.25) is 0 Å². The van der Waals surface area contributed by atoms with Crippen LogP contribution < -0.4 is 0 Å². The van der Waals surface area contributed by atoms with Crippen molar-refractivity contribution in [3.05, 3.63) is 12.2 Å². The van der Waals surface area contributed by atoms with Crippen molar-refractivity contribution in [1.29, 1.82) is 0 Å². The van der Waals surface area contributed by atoms with Gasteiger partial charge in [0.1, 0.15) is 0 Å². The summed E-state index contributed by atoms with van der Waals surface area (Å²) in [4.78, 5) is 11.0. The Morgan fingerprint density at radius 1 is 1.27 bits per heavy atom. The van der Waals surface area contributed by atoms with Crippen LogP contribution in [-0.2, 0) is 9.22 Å². The Labute approximate surface area is 161 Å². The molecule has 1 rings (SSSR count). The van der Waals surface area contributed by atoms with Gasteiger partial charge in [0, 0.05) is 0 Å². The normalized spacial score (nSPS) is 26.9. The number of hydrogen-bond donors (Lipinski definition) is 2. The number of allylic oxidation sites excluding steroid dienone is 1. The van der Waals surface area contributed by atoms with Gasteiger partial charge in [-0.05, 0) is 55.1 Å². The molecule has 0 aliphatic heterocycles. The van der Waals surface area contributed by atoms with Crippen molar-refractivity contribution >= 4 is 14.3 Å². The molecule has 1 aliphatic carbocycles. The zero-order chi connectivity index (χ0) is 20.4. The summed E-state index contributed by atoms with van der Waals surface area (Å²) in [6.07, 6.45) is 7.13. The predicted octanol–water partition coefficient (Wildman–Crippen LogP) is 5.38. The van der Waals surface area contributed by atoms with Crippen LogP contribution in [0.5, 0.6) is 0 Å². The predicted molar refractivity (Wildman–Crippen MR) is 110 cm³/mol. The Morgan fingerprint density at radius 3 is 2.31 bits per heavy atom. The fourth-order valence-corrected chi connectivity index (χ4v) is 4.67. The van der Waals surface area contributed by atoms with Gasteiger partial charge >= 0.3 is 5.97 Å². The molecule has 0 radical (unpaired) electrons. The molecule has 3 unspecified atom stereocenters. The van der Waals surface area contributed by atoms with Crippen LogP contribution >= 0.6 is 0 Å². The number of aliphatic hydroxyl groups is 1. The van der Waals surface area contributed by atoms with Gasteiger partial charge in [-0.2, -0.15) is 0 Å². The van der Waals surface area contributed by atoms with Crippen LogP contribution in [0, 0.1) is 11.3 Å². The van der Waals surface area contributed by atoms with Crippen LogP contribution in [0.25, 0.3) is 0 Å². The number of hydrogen-bond acceptors (Lipinski definition) is 3. The van der Waals surface area contributed by atoms with E-state index in [1.807, 2.05) is 0 Å². The molecule has 4 nitrogen and oxygen atoms in total. The summed E-state index contributed by atoms with van der Waals surface area (Å²) in [7, 11) is -1.89. The molecule has 1 saturated carbocycles. The summed E-state index contributed by atoms with van der Waals surface area (Å²) in [6.45, 7) is 17.9. The monoisotopic (exact) mass is 384 g/mol. The molecule has 2 N–H and O–H groups in total. The lowest BCUT2D eigenvalue weighted by Gasteiger charge is -2.42. The van der Waals surface area contributed by atoms with Crippen molar-refractivity contribution in [3.8, 4) is 0 Å². The van der Waals surface area contributed by atoms with Crippen molar-refractivity contribution in [3.63, 3.8) is 0 Å². The molecule has 26 heavy (non-hydrogen) atoms. The Kier molecular flexibility index (Phi) is 7.33. The van der Waals surface area contributed by atoms with E-state index in [4.69, 9.17) is 9.53 Å². The van der Waals surface area contributed by atoms with E-state index in [1.165, 1.54) is 0 Å². The van der Waals surface area contributed by atoms with Crippen LogP contribution in [0.1, 0.15) is 73.6 Å². The van der Waals surface area contributed by atoms with Crippen molar-refractivity contribution in [2.24, 2.45) is 11.3 Å². The van der Waals surface area contributed by atoms with E-state index in [2.05, 4.69) is 66.8 Å². The van der Waals surface area contributed by atoms with Gasteiger partial charge in [-0.3, -0.25) is 4.79 Å². The third kappa shape index (κ3) is 6.82. The highest BCUT2D eigenvalue weighted by molar-refractivity contribution is 6.74. The number of carboxylic acids is 1.